The van der Waals surface area contributed by atoms with Crippen LogP contribution in [0.15, 0.2) is 47.1 Å². The monoisotopic (exact) mass is 372 g/mol. The van der Waals surface area contributed by atoms with Gasteiger partial charge in [-0.1, -0.05) is 6.07 Å². The van der Waals surface area contributed by atoms with Gasteiger partial charge in [-0.05, 0) is 43.2 Å². The maximum absolute atomic E-state index is 12.5. The van der Waals surface area contributed by atoms with Gasteiger partial charge in [0.2, 0.25) is 0 Å². The minimum absolute atomic E-state index is 0.0213. The summed E-state index contributed by atoms with van der Waals surface area (Å²) in [4.78, 5) is 36.1. The second kappa shape index (κ2) is 8.05. The molecule has 1 saturated heterocycles. The summed E-state index contributed by atoms with van der Waals surface area (Å²) >= 11 is 0. The van der Waals surface area contributed by atoms with Gasteiger partial charge in [0, 0.05) is 31.0 Å². The number of carboxylic acids is 1. The van der Waals surface area contributed by atoms with E-state index in [-0.39, 0.29) is 12.3 Å². The highest BCUT2D eigenvalue weighted by atomic mass is 16.5. The second-order valence-corrected chi connectivity index (χ2v) is 6.39. The van der Waals surface area contributed by atoms with Crippen molar-refractivity contribution in [2.45, 2.75) is 12.8 Å². The Balaban J connectivity index is 1.64. The Morgan fingerprint density at radius 2 is 1.85 bits per heavy atom. The molecule has 3 rings (SSSR count). The number of aliphatic carboxylic acids is 1. The zero-order valence-electron chi connectivity index (χ0n) is 14.6. The Morgan fingerprint density at radius 1 is 1.07 bits per heavy atom. The lowest BCUT2D eigenvalue weighted by Gasteiger charge is -2.33. The molecule has 1 aromatic heterocycles. The molecular weight excluding hydrogens is 352 g/mol. The van der Waals surface area contributed by atoms with Crippen molar-refractivity contribution < 1.29 is 28.6 Å². The smallest absolute Gasteiger partial charge is 0.311 e. The molecule has 2 heterocycles. The molecule has 0 spiro atoms. The maximum Gasteiger partial charge on any atom is 0.311 e. The van der Waals surface area contributed by atoms with E-state index in [1.54, 1.807) is 24.3 Å². The van der Waals surface area contributed by atoms with Gasteiger partial charge in [-0.15, -0.1) is 0 Å². The standard InChI is InChI=1S/C19H20N2O6/c22-16(20-12-19(18(24)25)6-9-26-10-7-19)13-3-1-4-14(11-13)21-17(23)15-5-2-8-27-15/h1-5,8,11H,6-7,9-10,12H2,(H,20,22)(H,21,23)(H,24,25). The van der Waals surface area contributed by atoms with Crippen molar-refractivity contribution in [1.82, 2.24) is 5.32 Å². The first-order valence-corrected chi connectivity index (χ1v) is 8.54. The number of rotatable bonds is 6. The van der Waals surface area contributed by atoms with E-state index in [2.05, 4.69) is 10.6 Å². The number of hydrogen-bond acceptors (Lipinski definition) is 5. The Bertz CT molecular complexity index is 824. The molecule has 1 fully saturated rings. The number of furan rings is 1. The van der Waals surface area contributed by atoms with Gasteiger partial charge in [-0.2, -0.15) is 0 Å². The van der Waals surface area contributed by atoms with Crippen molar-refractivity contribution in [3.05, 3.63) is 54.0 Å². The van der Waals surface area contributed by atoms with Crippen molar-refractivity contribution in [2.24, 2.45) is 5.41 Å². The Labute approximate surface area is 155 Å². The van der Waals surface area contributed by atoms with E-state index in [9.17, 15) is 19.5 Å². The first-order chi connectivity index (χ1) is 13.0. The van der Waals surface area contributed by atoms with Crippen LogP contribution in [-0.2, 0) is 9.53 Å². The summed E-state index contributed by atoms with van der Waals surface area (Å²) in [6.45, 7) is 0.737. The van der Waals surface area contributed by atoms with E-state index >= 15 is 0 Å². The summed E-state index contributed by atoms with van der Waals surface area (Å²) < 4.78 is 10.3. The van der Waals surface area contributed by atoms with Crippen molar-refractivity contribution in [3.63, 3.8) is 0 Å². The topological polar surface area (TPSA) is 118 Å². The third-order valence-electron chi connectivity index (χ3n) is 4.62. The number of carboxylic acid groups (broad SMARTS) is 1. The third kappa shape index (κ3) is 4.35. The summed E-state index contributed by atoms with van der Waals surface area (Å²) in [6, 6.07) is 9.53. The molecule has 2 amide bonds. The highest BCUT2D eigenvalue weighted by molar-refractivity contribution is 6.03. The molecule has 0 radical (unpaired) electrons. The fraction of sp³-hybridized carbons (Fsp3) is 0.316. The van der Waals surface area contributed by atoms with Crippen LogP contribution in [0, 0.1) is 5.41 Å². The van der Waals surface area contributed by atoms with Crippen LogP contribution >= 0.6 is 0 Å². The minimum Gasteiger partial charge on any atom is -0.481 e. The lowest BCUT2D eigenvalue weighted by Crippen LogP contribution is -2.46. The number of anilines is 1. The number of carbonyl (C=O) groups is 3. The first-order valence-electron chi connectivity index (χ1n) is 8.54. The number of amides is 2. The van der Waals surface area contributed by atoms with Crippen LogP contribution in [0.4, 0.5) is 5.69 Å². The SMILES string of the molecule is O=C(NCC1(C(=O)O)CCOCC1)c1cccc(NC(=O)c2ccco2)c1. The lowest BCUT2D eigenvalue weighted by atomic mass is 9.80. The second-order valence-electron chi connectivity index (χ2n) is 6.39. The van der Waals surface area contributed by atoms with Crippen LogP contribution in [0.5, 0.6) is 0 Å². The third-order valence-corrected chi connectivity index (χ3v) is 4.62. The maximum atomic E-state index is 12.5. The molecule has 0 saturated carbocycles. The molecule has 1 aromatic carbocycles. The molecule has 0 atom stereocenters. The number of carbonyl (C=O) groups excluding carboxylic acids is 2. The average Bonchev–Trinajstić information content (AvgIpc) is 3.22. The van der Waals surface area contributed by atoms with Crippen LogP contribution in [0.2, 0.25) is 0 Å². The van der Waals surface area contributed by atoms with Crippen LogP contribution < -0.4 is 10.6 Å². The molecule has 142 valence electrons. The average molecular weight is 372 g/mol. The largest absolute Gasteiger partial charge is 0.481 e. The van der Waals surface area contributed by atoms with Gasteiger partial charge in [0.15, 0.2) is 5.76 Å². The molecule has 0 bridgehead atoms. The van der Waals surface area contributed by atoms with E-state index in [0.29, 0.717) is 37.3 Å². The summed E-state index contributed by atoms with van der Waals surface area (Å²) in [7, 11) is 0. The van der Waals surface area contributed by atoms with E-state index in [0.717, 1.165) is 0 Å². The lowest BCUT2D eigenvalue weighted by molar-refractivity contribution is -0.154. The van der Waals surface area contributed by atoms with Gasteiger partial charge >= 0.3 is 5.97 Å². The van der Waals surface area contributed by atoms with Crippen LogP contribution in [-0.4, -0.2) is 42.6 Å². The van der Waals surface area contributed by atoms with Gasteiger partial charge in [0.25, 0.3) is 11.8 Å². The molecule has 0 unspecified atom stereocenters. The van der Waals surface area contributed by atoms with Gasteiger partial charge in [-0.25, -0.2) is 0 Å². The van der Waals surface area contributed by atoms with E-state index in [1.165, 1.54) is 18.4 Å². The van der Waals surface area contributed by atoms with Crippen molar-refractivity contribution >= 4 is 23.5 Å². The molecule has 1 aliphatic heterocycles. The number of nitrogens with one attached hydrogen (secondary N) is 2. The summed E-state index contributed by atoms with van der Waals surface area (Å²) in [5.74, 6) is -1.61. The number of ether oxygens (including phenoxy) is 1. The molecule has 2 aromatic rings. The summed E-state index contributed by atoms with van der Waals surface area (Å²) in [5, 5.41) is 14.9. The fourth-order valence-corrected chi connectivity index (χ4v) is 2.92. The molecule has 8 nitrogen and oxygen atoms in total. The first kappa shape index (κ1) is 18.7. The molecular formula is C19H20N2O6. The number of hydrogen-bond donors (Lipinski definition) is 3. The molecule has 8 heteroatoms. The molecule has 3 N–H and O–H groups in total. The van der Waals surface area contributed by atoms with E-state index < -0.39 is 23.2 Å². The van der Waals surface area contributed by atoms with Crippen molar-refractivity contribution in [2.75, 3.05) is 25.1 Å². The summed E-state index contributed by atoms with van der Waals surface area (Å²) in [6.07, 6.45) is 2.09. The normalized spacial score (nSPS) is 15.7. The molecule has 27 heavy (non-hydrogen) atoms. The van der Waals surface area contributed by atoms with Crippen LogP contribution in [0.25, 0.3) is 0 Å². The van der Waals surface area contributed by atoms with E-state index in [1.807, 2.05) is 0 Å². The van der Waals surface area contributed by atoms with Crippen LogP contribution in [0.1, 0.15) is 33.8 Å². The van der Waals surface area contributed by atoms with Gasteiger partial charge < -0.3 is 24.9 Å². The van der Waals surface area contributed by atoms with Crippen LogP contribution in [0.3, 0.4) is 0 Å². The predicted octanol–water partition coefficient (Wildman–Crippen LogP) is 2.14. The molecule has 1 aliphatic rings. The van der Waals surface area contributed by atoms with Gasteiger partial charge in [-0.3, -0.25) is 14.4 Å². The number of benzene rings is 1. The minimum atomic E-state index is -1.01. The fourth-order valence-electron chi connectivity index (χ4n) is 2.92. The Kier molecular flexibility index (Phi) is 5.56. The van der Waals surface area contributed by atoms with E-state index in [4.69, 9.17) is 9.15 Å². The molecule has 0 aliphatic carbocycles. The Morgan fingerprint density at radius 3 is 2.52 bits per heavy atom. The Hall–Kier alpha value is -3.13. The quantitative estimate of drug-likeness (QED) is 0.715. The van der Waals surface area contributed by atoms with Gasteiger partial charge in [0.1, 0.15) is 0 Å². The summed E-state index contributed by atoms with van der Waals surface area (Å²) in [5.41, 5.74) is -0.262. The van der Waals surface area contributed by atoms with Crippen molar-refractivity contribution in [1.29, 1.82) is 0 Å². The predicted molar refractivity (Wildman–Crippen MR) is 95.6 cm³/mol. The zero-order chi connectivity index (χ0) is 19.3. The van der Waals surface area contributed by atoms with Crippen molar-refractivity contribution in [3.8, 4) is 0 Å². The zero-order valence-corrected chi connectivity index (χ0v) is 14.6. The van der Waals surface area contributed by atoms with Gasteiger partial charge in [0.05, 0.1) is 11.7 Å². The highest BCUT2D eigenvalue weighted by Crippen LogP contribution is 2.30. The highest BCUT2D eigenvalue weighted by Gasteiger charge is 2.40.